The molecule has 0 amide bonds. The average Bonchev–Trinajstić information content (AvgIpc) is 3.78. The van der Waals surface area contributed by atoms with Crippen molar-refractivity contribution in [2.24, 2.45) is 0 Å². The van der Waals surface area contributed by atoms with Crippen molar-refractivity contribution >= 4 is 43.6 Å². The van der Waals surface area contributed by atoms with E-state index >= 15 is 0 Å². The van der Waals surface area contributed by atoms with Crippen molar-refractivity contribution in [1.82, 2.24) is 24.1 Å². The topological polar surface area (TPSA) is 48.5 Å². The Morgan fingerprint density at radius 1 is 0.440 bits per heavy atom. The van der Waals surface area contributed by atoms with E-state index in [9.17, 15) is 0 Å². The summed E-state index contributed by atoms with van der Waals surface area (Å²) >= 11 is 0. The highest BCUT2D eigenvalue weighted by atomic mass is 15.0. The summed E-state index contributed by atoms with van der Waals surface area (Å²) in [4.78, 5) is 14.8. The summed E-state index contributed by atoms with van der Waals surface area (Å²) in [6, 6.07) is 57.2. The first-order chi connectivity index (χ1) is 24.8. The Labute approximate surface area is 288 Å². The van der Waals surface area contributed by atoms with Gasteiger partial charge in [0.15, 0.2) is 5.82 Å². The molecular formula is C45H29N5. The number of rotatable bonds is 5. The Balaban J connectivity index is 1.20. The smallest absolute Gasteiger partial charge is 0.160 e. The van der Waals surface area contributed by atoms with Crippen LogP contribution < -0.4 is 0 Å². The molecule has 5 heteroatoms. The van der Waals surface area contributed by atoms with Crippen LogP contribution in [0.4, 0.5) is 0 Å². The highest BCUT2D eigenvalue weighted by Gasteiger charge is 2.19. The fraction of sp³-hybridized carbons (Fsp3) is 0. The minimum Gasteiger partial charge on any atom is -0.316 e. The third-order valence-electron chi connectivity index (χ3n) is 9.60. The minimum absolute atomic E-state index is 0.713. The Morgan fingerprint density at radius 3 is 2.06 bits per heavy atom. The Hall–Kier alpha value is -6.85. The predicted molar refractivity (Wildman–Crippen MR) is 205 cm³/mol. The second-order valence-electron chi connectivity index (χ2n) is 12.5. The molecule has 0 bridgehead atoms. The highest BCUT2D eigenvalue weighted by molar-refractivity contribution is 6.19. The van der Waals surface area contributed by atoms with Crippen molar-refractivity contribution in [2.45, 2.75) is 0 Å². The lowest BCUT2D eigenvalue weighted by Crippen LogP contribution is -1.96. The molecule has 0 saturated carbocycles. The van der Waals surface area contributed by atoms with Gasteiger partial charge in [-0.15, -0.1) is 0 Å². The van der Waals surface area contributed by atoms with E-state index in [1.807, 2.05) is 36.5 Å². The van der Waals surface area contributed by atoms with Gasteiger partial charge in [0, 0.05) is 62.0 Å². The van der Waals surface area contributed by atoms with E-state index in [-0.39, 0.29) is 0 Å². The predicted octanol–water partition coefficient (Wildman–Crippen LogP) is 11.1. The van der Waals surface area contributed by atoms with Crippen LogP contribution in [0.3, 0.4) is 0 Å². The van der Waals surface area contributed by atoms with Crippen molar-refractivity contribution in [1.29, 1.82) is 0 Å². The normalized spacial score (nSPS) is 11.6. The molecule has 4 aromatic heterocycles. The number of hydrogen-bond donors (Lipinski definition) is 0. The fourth-order valence-electron chi connectivity index (χ4n) is 7.31. The zero-order chi connectivity index (χ0) is 33.0. The van der Waals surface area contributed by atoms with Crippen LogP contribution in [0.1, 0.15) is 0 Å². The number of pyridine rings is 1. The average molecular weight is 640 g/mol. The van der Waals surface area contributed by atoms with Crippen LogP contribution in [-0.2, 0) is 0 Å². The zero-order valence-electron chi connectivity index (χ0n) is 27.0. The second kappa shape index (κ2) is 11.4. The number of fused-ring (bicyclic) bond motifs is 6. The van der Waals surface area contributed by atoms with Gasteiger partial charge in [-0.25, -0.2) is 9.97 Å². The van der Waals surface area contributed by atoms with E-state index in [2.05, 4.69) is 154 Å². The van der Waals surface area contributed by atoms with Gasteiger partial charge in [0.25, 0.3) is 0 Å². The van der Waals surface area contributed by atoms with Gasteiger partial charge in [-0.1, -0.05) is 91.0 Å². The SMILES string of the molecule is c1ccc(-c2nc(-c3ccc4c(c3)c3ccc5c(ccn5-c5cccc(-c6ccccn6)c5)c3n4-c3ccccc3)nc3ccccc23)cc1. The van der Waals surface area contributed by atoms with E-state index in [1.54, 1.807) is 0 Å². The molecule has 0 aliphatic rings. The van der Waals surface area contributed by atoms with Gasteiger partial charge < -0.3 is 9.13 Å². The number of benzene rings is 6. The fourth-order valence-corrected chi connectivity index (χ4v) is 7.31. The molecule has 5 nitrogen and oxygen atoms in total. The first-order valence-electron chi connectivity index (χ1n) is 16.8. The van der Waals surface area contributed by atoms with E-state index in [4.69, 9.17) is 9.97 Å². The third-order valence-corrected chi connectivity index (χ3v) is 9.60. The molecule has 0 N–H and O–H groups in total. The molecule has 4 heterocycles. The molecular weight excluding hydrogens is 611 g/mol. The first kappa shape index (κ1) is 28.2. The van der Waals surface area contributed by atoms with Crippen molar-refractivity contribution in [2.75, 3.05) is 0 Å². The van der Waals surface area contributed by atoms with E-state index in [0.717, 1.165) is 66.8 Å². The number of aromatic nitrogens is 5. The van der Waals surface area contributed by atoms with Crippen molar-refractivity contribution in [3.63, 3.8) is 0 Å². The second-order valence-corrected chi connectivity index (χ2v) is 12.5. The number of hydrogen-bond acceptors (Lipinski definition) is 3. The molecule has 0 aliphatic carbocycles. The van der Waals surface area contributed by atoms with Gasteiger partial charge in [-0.05, 0) is 72.8 Å². The maximum absolute atomic E-state index is 5.18. The first-order valence-corrected chi connectivity index (χ1v) is 16.8. The Bertz CT molecular complexity index is 2850. The summed E-state index contributed by atoms with van der Waals surface area (Å²) in [5.74, 6) is 0.713. The molecule has 10 aromatic rings. The minimum atomic E-state index is 0.713. The van der Waals surface area contributed by atoms with Crippen LogP contribution in [0.5, 0.6) is 0 Å². The van der Waals surface area contributed by atoms with Crippen LogP contribution in [0, 0.1) is 0 Å². The summed E-state index contributed by atoms with van der Waals surface area (Å²) in [7, 11) is 0. The standard InChI is InChI=1S/C45H29N5/c1-3-12-30(13-4-1)43-36-18-7-8-20-40(36)47-45(48-43)32-21-23-42-38(29-32)35-22-24-41-37(44(35)50(42)33-15-5-2-6-16-33)25-27-49(41)34-17-11-14-31(28-34)39-19-9-10-26-46-39/h1-29H. The lowest BCUT2D eigenvalue weighted by molar-refractivity contribution is 1.13. The van der Waals surface area contributed by atoms with Gasteiger partial charge in [-0.2, -0.15) is 0 Å². The maximum Gasteiger partial charge on any atom is 0.160 e. The molecule has 0 spiro atoms. The Morgan fingerprint density at radius 2 is 1.20 bits per heavy atom. The lowest BCUT2D eigenvalue weighted by Gasteiger charge is -2.11. The monoisotopic (exact) mass is 639 g/mol. The van der Waals surface area contributed by atoms with Gasteiger partial charge >= 0.3 is 0 Å². The molecule has 10 rings (SSSR count). The van der Waals surface area contributed by atoms with Crippen LogP contribution in [0.15, 0.2) is 176 Å². The Kier molecular flexibility index (Phi) is 6.42. The van der Waals surface area contributed by atoms with E-state index in [0.29, 0.717) is 5.82 Å². The van der Waals surface area contributed by atoms with E-state index in [1.165, 1.54) is 16.3 Å². The molecule has 0 radical (unpaired) electrons. The van der Waals surface area contributed by atoms with Crippen LogP contribution in [0.2, 0.25) is 0 Å². The van der Waals surface area contributed by atoms with Gasteiger partial charge in [0.1, 0.15) is 0 Å². The molecule has 0 fully saturated rings. The maximum atomic E-state index is 5.18. The summed E-state index contributed by atoms with van der Waals surface area (Å²) < 4.78 is 4.66. The largest absolute Gasteiger partial charge is 0.316 e. The summed E-state index contributed by atoms with van der Waals surface area (Å²) in [6.45, 7) is 0. The van der Waals surface area contributed by atoms with Gasteiger partial charge in [0.05, 0.1) is 33.5 Å². The zero-order valence-corrected chi connectivity index (χ0v) is 27.0. The summed E-state index contributed by atoms with van der Waals surface area (Å²) in [5, 5.41) is 4.57. The van der Waals surface area contributed by atoms with Crippen molar-refractivity contribution in [3.05, 3.63) is 176 Å². The van der Waals surface area contributed by atoms with Crippen molar-refractivity contribution in [3.8, 4) is 45.3 Å². The molecule has 0 unspecified atom stereocenters. The molecule has 50 heavy (non-hydrogen) atoms. The quantitative estimate of drug-likeness (QED) is 0.188. The van der Waals surface area contributed by atoms with E-state index < -0.39 is 0 Å². The van der Waals surface area contributed by atoms with Crippen molar-refractivity contribution < 1.29 is 0 Å². The van der Waals surface area contributed by atoms with Crippen LogP contribution in [-0.4, -0.2) is 24.1 Å². The molecule has 0 saturated heterocycles. The molecule has 6 aromatic carbocycles. The highest BCUT2D eigenvalue weighted by Crippen LogP contribution is 2.40. The molecule has 0 aliphatic heterocycles. The molecule has 234 valence electrons. The number of nitrogens with zero attached hydrogens (tertiary/aromatic N) is 5. The van der Waals surface area contributed by atoms with Crippen LogP contribution >= 0.6 is 0 Å². The summed E-state index contributed by atoms with van der Waals surface area (Å²) in [5.41, 5.74) is 11.6. The van der Waals surface area contributed by atoms with Gasteiger partial charge in [0.2, 0.25) is 0 Å². The summed E-state index contributed by atoms with van der Waals surface area (Å²) in [6.07, 6.45) is 4.01. The number of para-hydroxylation sites is 2. The molecule has 0 atom stereocenters. The third kappa shape index (κ3) is 4.52. The lowest BCUT2D eigenvalue weighted by atomic mass is 10.0. The van der Waals surface area contributed by atoms with Crippen LogP contribution in [0.25, 0.3) is 88.9 Å². The van der Waals surface area contributed by atoms with Gasteiger partial charge in [-0.3, -0.25) is 4.98 Å².